The summed E-state index contributed by atoms with van der Waals surface area (Å²) in [5.41, 5.74) is 0.681. The van der Waals surface area contributed by atoms with Crippen molar-refractivity contribution in [3.8, 4) is 11.6 Å². The van der Waals surface area contributed by atoms with Crippen LogP contribution in [0.2, 0.25) is 0 Å². The molecule has 0 spiro atoms. The predicted molar refractivity (Wildman–Crippen MR) is 61.6 cm³/mol. The topological polar surface area (TPSA) is 100 Å². The first-order valence-corrected chi connectivity index (χ1v) is 5.39. The lowest BCUT2D eigenvalue weighted by Gasteiger charge is -2.07. The molecule has 0 amide bonds. The molecule has 4 aromatic rings. The molecule has 0 aliphatic rings. The fraction of sp³-hybridized carbons (Fsp3) is 0. The summed E-state index contributed by atoms with van der Waals surface area (Å²) >= 11 is 0. The van der Waals surface area contributed by atoms with Crippen LogP contribution in [-0.4, -0.2) is 39.4 Å². The maximum atomic E-state index is 4.63. The van der Waals surface area contributed by atoms with E-state index in [4.69, 9.17) is 0 Å². The van der Waals surface area contributed by atoms with Gasteiger partial charge in [-0.05, 0) is 10.3 Å². The van der Waals surface area contributed by atoms with Crippen molar-refractivity contribution >= 4 is 11.3 Å². The molecule has 0 fully saturated rings. The van der Waals surface area contributed by atoms with Crippen LogP contribution in [0.25, 0.3) is 22.9 Å². The number of fused-ring (bicyclic) bond motifs is 1. The number of nitrogens with zero attached hydrogens (tertiary/aromatic N) is 8. The molecule has 92 valence electrons. The zero-order chi connectivity index (χ0) is 12.7. The van der Waals surface area contributed by atoms with Crippen molar-refractivity contribution in [1.82, 2.24) is 39.4 Å². The lowest BCUT2D eigenvalue weighted by molar-refractivity contribution is 0.314. The van der Waals surface area contributed by atoms with Crippen molar-refractivity contribution in [2.75, 3.05) is 0 Å². The van der Waals surface area contributed by atoms with E-state index in [9.17, 15) is 0 Å². The fourth-order valence-electron chi connectivity index (χ4n) is 1.74. The molecule has 0 bridgehead atoms. The number of hydrogen-bond acceptors (Lipinski definition) is 7. The minimum Gasteiger partial charge on any atom is -0.287 e. The molecule has 9 heteroatoms. The SMILES string of the molecule is c1cn(-c2nc3nonc3nc2-n2ccnc2)cn1. The summed E-state index contributed by atoms with van der Waals surface area (Å²) in [5, 5.41) is 7.39. The lowest BCUT2D eigenvalue weighted by atomic mass is 10.5. The van der Waals surface area contributed by atoms with Crippen LogP contribution in [0, 0.1) is 0 Å². The molecule has 19 heavy (non-hydrogen) atoms. The van der Waals surface area contributed by atoms with E-state index in [1.54, 1.807) is 46.6 Å². The third-order valence-corrected chi connectivity index (χ3v) is 2.58. The standard InChI is InChI=1S/C10H6N8O/c1-3-17(5-11-1)9-10(18-4-2-12-6-18)14-8-7(13-9)15-19-16-8/h1-6H. The quantitative estimate of drug-likeness (QED) is 0.509. The van der Waals surface area contributed by atoms with E-state index in [1.807, 2.05) is 0 Å². The van der Waals surface area contributed by atoms with Gasteiger partial charge in [0.25, 0.3) is 0 Å². The van der Waals surface area contributed by atoms with Crippen LogP contribution in [0.15, 0.2) is 42.1 Å². The van der Waals surface area contributed by atoms with Gasteiger partial charge in [0.15, 0.2) is 11.6 Å². The number of aromatic nitrogens is 8. The Balaban J connectivity index is 2.06. The van der Waals surface area contributed by atoms with E-state index in [-0.39, 0.29) is 0 Å². The van der Waals surface area contributed by atoms with E-state index in [0.29, 0.717) is 22.9 Å². The molecule has 0 atom stereocenters. The molecule has 0 aliphatic heterocycles. The molecule has 0 radical (unpaired) electrons. The first-order chi connectivity index (χ1) is 9.42. The van der Waals surface area contributed by atoms with Gasteiger partial charge in [-0.25, -0.2) is 24.6 Å². The first kappa shape index (κ1) is 9.88. The third-order valence-electron chi connectivity index (χ3n) is 2.58. The van der Waals surface area contributed by atoms with Crippen molar-refractivity contribution in [2.45, 2.75) is 0 Å². The van der Waals surface area contributed by atoms with Gasteiger partial charge in [-0.1, -0.05) is 0 Å². The predicted octanol–water partition coefficient (Wildman–Crippen LogP) is 0.384. The van der Waals surface area contributed by atoms with Crippen LogP contribution in [0.5, 0.6) is 0 Å². The maximum absolute atomic E-state index is 4.63. The Morgan fingerprint density at radius 2 is 1.32 bits per heavy atom. The fourth-order valence-corrected chi connectivity index (χ4v) is 1.74. The van der Waals surface area contributed by atoms with Gasteiger partial charge in [-0.3, -0.25) is 9.13 Å². The summed E-state index contributed by atoms with van der Waals surface area (Å²) in [6, 6.07) is 0. The van der Waals surface area contributed by atoms with Crippen molar-refractivity contribution in [3.63, 3.8) is 0 Å². The second-order valence-electron chi connectivity index (χ2n) is 3.72. The number of imidazole rings is 2. The summed E-state index contributed by atoms with van der Waals surface area (Å²) < 4.78 is 8.10. The highest BCUT2D eigenvalue weighted by molar-refractivity contribution is 5.67. The van der Waals surface area contributed by atoms with Crippen molar-refractivity contribution in [1.29, 1.82) is 0 Å². The van der Waals surface area contributed by atoms with Gasteiger partial charge in [-0.15, -0.1) is 0 Å². The minimum atomic E-state index is 0.340. The number of hydrogen-bond donors (Lipinski definition) is 0. The zero-order valence-corrected chi connectivity index (χ0v) is 9.45. The van der Waals surface area contributed by atoms with Crippen LogP contribution in [-0.2, 0) is 0 Å². The molecule has 4 heterocycles. The normalized spacial score (nSPS) is 11.2. The van der Waals surface area contributed by atoms with Gasteiger partial charge < -0.3 is 0 Å². The van der Waals surface area contributed by atoms with Crippen molar-refractivity contribution in [3.05, 3.63) is 37.4 Å². The second kappa shape index (κ2) is 3.70. The molecule has 0 aliphatic carbocycles. The van der Waals surface area contributed by atoms with E-state index in [1.165, 1.54) is 0 Å². The Morgan fingerprint density at radius 3 is 1.74 bits per heavy atom. The minimum absolute atomic E-state index is 0.340. The smallest absolute Gasteiger partial charge is 0.245 e. The van der Waals surface area contributed by atoms with Gasteiger partial charge in [-0.2, -0.15) is 0 Å². The summed E-state index contributed by atoms with van der Waals surface area (Å²) in [4.78, 5) is 16.8. The molecule has 0 unspecified atom stereocenters. The molecule has 0 N–H and O–H groups in total. The maximum Gasteiger partial charge on any atom is 0.245 e. The molecule has 4 aromatic heterocycles. The van der Waals surface area contributed by atoms with Crippen LogP contribution >= 0.6 is 0 Å². The number of rotatable bonds is 2. The van der Waals surface area contributed by atoms with Crippen LogP contribution in [0.3, 0.4) is 0 Å². The van der Waals surface area contributed by atoms with E-state index in [0.717, 1.165) is 0 Å². The van der Waals surface area contributed by atoms with Gasteiger partial charge >= 0.3 is 0 Å². The van der Waals surface area contributed by atoms with E-state index in [2.05, 4.69) is 34.9 Å². The summed E-state index contributed by atoms with van der Waals surface area (Å²) in [5.74, 6) is 1.14. The van der Waals surface area contributed by atoms with Crippen LogP contribution < -0.4 is 0 Å². The van der Waals surface area contributed by atoms with E-state index < -0.39 is 0 Å². The zero-order valence-electron chi connectivity index (χ0n) is 9.45. The molecular weight excluding hydrogens is 248 g/mol. The molecule has 0 aromatic carbocycles. The largest absolute Gasteiger partial charge is 0.287 e. The highest BCUT2D eigenvalue weighted by Gasteiger charge is 2.15. The Morgan fingerprint density at radius 1 is 0.789 bits per heavy atom. The van der Waals surface area contributed by atoms with Crippen LogP contribution in [0.4, 0.5) is 0 Å². The molecule has 4 rings (SSSR count). The van der Waals surface area contributed by atoms with Gasteiger partial charge in [0.1, 0.15) is 12.7 Å². The van der Waals surface area contributed by atoms with Crippen molar-refractivity contribution in [2.24, 2.45) is 0 Å². The van der Waals surface area contributed by atoms with E-state index >= 15 is 0 Å². The van der Waals surface area contributed by atoms with Gasteiger partial charge in [0.2, 0.25) is 11.3 Å². The van der Waals surface area contributed by atoms with Gasteiger partial charge in [0, 0.05) is 24.8 Å². The highest BCUT2D eigenvalue weighted by atomic mass is 16.6. The Labute approximate surface area is 105 Å². The average Bonchev–Trinajstić information content (AvgIpc) is 3.18. The monoisotopic (exact) mass is 254 g/mol. The summed E-state index contributed by atoms with van der Waals surface area (Å²) in [6.07, 6.45) is 10.1. The summed E-state index contributed by atoms with van der Waals surface area (Å²) in [6.45, 7) is 0. The Kier molecular flexibility index (Phi) is 1.92. The molecule has 0 saturated carbocycles. The second-order valence-corrected chi connectivity index (χ2v) is 3.72. The molecule has 0 saturated heterocycles. The molecular formula is C10H6N8O. The Bertz CT molecular complexity index is 748. The first-order valence-electron chi connectivity index (χ1n) is 5.39. The van der Waals surface area contributed by atoms with Gasteiger partial charge in [0.05, 0.1) is 0 Å². The third kappa shape index (κ3) is 1.48. The summed E-state index contributed by atoms with van der Waals surface area (Å²) in [7, 11) is 0. The molecule has 9 nitrogen and oxygen atoms in total. The van der Waals surface area contributed by atoms with Crippen molar-refractivity contribution < 1.29 is 4.63 Å². The Hall–Kier alpha value is -3.10. The van der Waals surface area contributed by atoms with Crippen LogP contribution in [0.1, 0.15) is 0 Å². The average molecular weight is 254 g/mol. The lowest BCUT2D eigenvalue weighted by Crippen LogP contribution is -2.06. The highest BCUT2D eigenvalue weighted by Crippen LogP contribution is 2.17.